The number of nitrogens with one attached hydrogen (secondary N) is 1. The van der Waals surface area contributed by atoms with Crippen LogP contribution in [0.3, 0.4) is 0 Å². The van der Waals surface area contributed by atoms with E-state index in [0.29, 0.717) is 6.04 Å². The third kappa shape index (κ3) is 3.49. The predicted octanol–water partition coefficient (Wildman–Crippen LogP) is 5.00. The largest absolute Gasteiger partial charge is 0.353 e. The molecule has 1 atom stereocenters. The minimum absolute atomic E-state index is 0.284. The third-order valence-electron chi connectivity index (χ3n) is 4.38. The van der Waals surface area contributed by atoms with Crippen molar-refractivity contribution < 1.29 is 0 Å². The lowest BCUT2D eigenvalue weighted by molar-refractivity contribution is 0.458. The molecular formula is C17H22BrN3. The van der Waals surface area contributed by atoms with Crippen molar-refractivity contribution in [3.63, 3.8) is 0 Å². The van der Waals surface area contributed by atoms with Crippen LogP contribution in [-0.4, -0.2) is 15.6 Å². The number of nitrogens with zero attached hydrogens (tertiary/aromatic N) is 2. The van der Waals surface area contributed by atoms with Crippen molar-refractivity contribution in [2.24, 2.45) is 0 Å². The van der Waals surface area contributed by atoms with Gasteiger partial charge in [-0.25, -0.2) is 4.98 Å². The summed E-state index contributed by atoms with van der Waals surface area (Å²) in [4.78, 5) is 4.52. The third-order valence-corrected chi connectivity index (χ3v) is 4.91. The van der Waals surface area contributed by atoms with Crippen LogP contribution in [0.15, 0.2) is 41.1 Å². The van der Waals surface area contributed by atoms with Crippen LogP contribution >= 0.6 is 15.9 Å². The maximum Gasteiger partial charge on any atom is 0.203 e. The number of imidazole rings is 1. The summed E-state index contributed by atoms with van der Waals surface area (Å²) < 4.78 is 3.35. The highest BCUT2D eigenvalue weighted by atomic mass is 79.9. The summed E-state index contributed by atoms with van der Waals surface area (Å²) in [6, 6.07) is 9.38. The van der Waals surface area contributed by atoms with Crippen molar-refractivity contribution in [3.05, 3.63) is 46.7 Å². The van der Waals surface area contributed by atoms with Gasteiger partial charge >= 0.3 is 0 Å². The lowest BCUT2D eigenvalue weighted by atomic mass is 9.96. The number of anilines is 1. The minimum Gasteiger partial charge on any atom is -0.353 e. The molecule has 1 aromatic heterocycles. The maximum atomic E-state index is 4.52. The maximum absolute atomic E-state index is 4.52. The number of halogens is 1. The highest BCUT2D eigenvalue weighted by molar-refractivity contribution is 9.10. The summed E-state index contributed by atoms with van der Waals surface area (Å²) in [5.74, 6) is 0.998. The average molecular weight is 348 g/mol. The molecule has 0 spiro atoms. The smallest absolute Gasteiger partial charge is 0.203 e. The van der Waals surface area contributed by atoms with E-state index in [9.17, 15) is 0 Å². The second-order valence-corrected chi connectivity index (χ2v) is 6.78. The Morgan fingerprint density at radius 2 is 1.90 bits per heavy atom. The van der Waals surface area contributed by atoms with Gasteiger partial charge < -0.3 is 9.88 Å². The number of rotatable bonds is 4. The molecule has 1 aliphatic rings. The number of hydrogen-bond donors (Lipinski definition) is 1. The van der Waals surface area contributed by atoms with E-state index < -0.39 is 0 Å². The Labute approximate surface area is 134 Å². The lowest BCUT2D eigenvalue weighted by Gasteiger charge is -2.25. The number of benzene rings is 1. The first-order valence-corrected chi connectivity index (χ1v) is 8.58. The monoisotopic (exact) mass is 347 g/mol. The zero-order valence-corrected chi connectivity index (χ0v) is 14.0. The normalized spacial score (nSPS) is 17.6. The van der Waals surface area contributed by atoms with E-state index in [0.717, 1.165) is 10.4 Å². The summed E-state index contributed by atoms with van der Waals surface area (Å²) in [5, 5.41) is 3.63. The molecular weight excluding hydrogens is 326 g/mol. The molecule has 3 nitrogen and oxygen atoms in total. The lowest BCUT2D eigenvalue weighted by Crippen LogP contribution is -2.25. The van der Waals surface area contributed by atoms with Crippen molar-refractivity contribution in [2.45, 2.75) is 51.1 Å². The van der Waals surface area contributed by atoms with E-state index in [1.807, 2.05) is 6.20 Å². The first-order chi connectivity index (χ1) is 10.2. The molecule has 0 saturated heterocycles. The summed E-state index contributed by atoms with van der Waals surface area (Å²) in [7, 11) is 0. The molecule has 0 bridgehead atoms. The van der Waals surface area contributed by atoms with E-state index in [4.69, 9.17) is 0 Å². The fourth-order valence-corrected chi connectivity index (χ4v) is 3.33. The molecule has 1 unspecified atom stereocenters. The molecule has 1 N–H and O–H groups in total. The molecule has 1 heterocycles. The Morgan fingerprint density at radius 1 is 1.19 bits per heavy atom. The van der Waals surface area contributed by atoms with Crippen molar-refractivity contribution in [3.8, 4) is 0 Å². The molecule has 112 valence electrons. The van der Waals surface area contributed by atoms with Gasteiger partial charge in [-0.15, -0.1) is 0 Å². The quantitative estimate of drug-likeness (QED) is 0.843. The van der Waals surface area contributed by atoms with Gasteiger partial charge in [-0.1, -0.05) is 47.3 Å². The van der Waals surface area contributed by atoms with Crippen molar-refractivity contribution in [2.75, 3.05) is 5.32 Å². The standard InChI is InChI=1S/C17H22BrN3/c1-13(14-7-9-15(18)10-8-14)21-12-11-19-17(21)20-16-5-3-2-4-6-16/h7-13,16H,2-6H2,1H3,(H,19,20). The van der Waals surface area contributed by atoms with Crippen molar-refractivity contribution in [1.82, 2.24) is 9.55 Å². The van der Waals surface area contributed by atoms with Crippen LogP contribution in [0.4, 0.5) is 5.95 Å². The molecule has 1 aromatic carbocycles. The van der Waals surface area contributed by atoms with Gasteiger partial charge in [0, 0.05) is 22.9 Å². The molecule has 2 aromatic rings. The van der Waals surface area contributed by atoms with Crippen LogP contribution in [-0.2, 0) is 0 Å². The van der Waals surface area contributed by atoms with Gasteiger partial charge in [-0.3, -0.25) is 0 Å². The molecule has 1 fully saturated rings. The highest BCUT2D eigenvalue weighted by Gasteiger charge is 2.17. The predicted molar refractivity (Wildman–Crippen MR) is 90.7 cm³/mol. The van der Waals surface area contributed by atoms with Gasteiger partial charge in [0.25, 0.3) is 0 Å². The topological polar surface area (TPSA) is 29.9 Å². The van der Waals surface area contributed by atoms with E-state index in [-0.39, 0.29) is 6.04 Å². The Bertz CT molecular complexity index is 570. The van der Waals surface area contributed by atoms with E-state index in [1.165, 1.54) is 37.7 Å². The first kappa shape index (κ1) is 14.6. The van der Waals surface area contributed by atoms with Gasteiger partial charge in [0.2, 0.25) is 5.95 Å². The second kappa shape index (κ2) is 6.65. The Kier molecular flexibility index (Phi) is 4.63. The fourth-order valence-electron chi connectivity index (χ4n) is 3.07. The Hall–Kier alpha value is -1.29. The summed E-state index contributed by atoms with van der Waals surface area (Å²) in [5.41, 5.74) is 1.29. The zero-order chi connectivity index (χ0) is 14.7. The first-order valence-electron chi connectivity index (χ1n) is 7.79. The molecule has 1 saturated carbocycles. The molecule has 3 rings (SSSR count). The van der Waals surface area contributed by atoms with Gasteiger partial charge in [0.15, 0.2) is 0 Å². The SMILES string of the molecule is CC(c1ccc(Br)cc1)n1ccnc1NC1CCCCC1. The second-order valence-electron chi connectivity index (χ2n) is 5.86. The molecule has 0 radical (unpaired) electrons. The van der Waals surface area contributed by atoms with Crippen molar-refractivity contribution >= 4 is 21.9 Å². The van der Waals surface area contributed by atoms with Crippen LogP contribution in [0.2, 0.25) is 0 Å². The highest BCUT2D eigenvalue weighted by Crippen LogP contribution is 2.26. The summed E-state index contributed by atoms with van der Waals surface area (Å²) >= 11 is 3.49. The van der Waals surface area contributed by atoms with Crippen LogP contribution in [0.1, 0.15) is 50.6 Å². The molecule has 21 heavy (non-hydrogen) atoms. The molecule has 0 aliphatic heterocycles. The Morgan fingerprint density at radius 3 is 2.62 bits per heavy atom. The zero-order valence-electron chi connectivity index (χ0n) is 12.4. The van der Waals surface area contributed by atoms with E-state index >= 15 is 0 Å². The van der Waals surface area contributed by atoms with Crippen LogP contribution in [0, 0.1) is 0 Å². The van der Waals surface area contributed by atoms with Crippen molar-refractivity contribution in [1.29, 1.82) is 0 Å². The number of aromatic nitrogens is 2. The van der Waals surface area contributed by atoms with Crippen LogP contribution in [0.25, 0.3) is 0 Å². The molecule has 1 aliphatic carbocycles. The summed E-state index contributed by atoms with van der Waals surface area (Å²) in [6.45, 7) is 2.22. The van der Waals surface area contributed by atoms with Gasteiger partial charge in [-0.2, -0.15) is 0 Å². The van der Waals surface area contributed by atoms with Gasteiger partial charge in [-0.05, 0) is 37.5 Å². The minimum atomic E-state index is 0.284. The molecule has 4 heteroatoms. The average Bonchev–Trinajstić information content (AvgIpc) is 2.96. The van der Waals surface area contributed by atoms with Gasteiger partial charge in [0.1, 0.15) is 0 Å². The van der Waals surface area contributed by atoms with Gasteiger partial charge in [0.05, 0.1) is 6.04 Å². The van der Waals surface area contributed by atoms with E-state index in [2.05, 4.69) is 68.2 Å². The number of hydrogen-bond acceptors (Lipinski definition) is 2. The van der Waals surface area contributed by atoms with Crippen LogP contribution < -0.4 is 5.32 Å². The van der Waals surface area contributed by atoms with Crippen LogP contribution in [0.5, 0.6) is 0 Å². The Balaban J connectivity index is 1.76. The fraction of sp³-hybridized carbons (Fsp3) is 0.471. The molecule has 0 amide bonds. The summed E-state index contributed by atoms with van der Waals surface area (Å²) in [6.07, 6.45) is 10.5. The van der Waals surface area contributed by atoms with E-state index in [1.54, 1.807) is 0 Å².